The molecule has 52 heavy (non-hydrogen) atoms. The second-order valence-electron chi connectivity index (χ2n) is 10.3. The van der Waals surface area contributed by atoms with Gasteiger partial charge in [0.15, 0.2) is 0 Å². The third kappa shape index (κ3) is 6.85. The molecule has 34 heteroatoms. The third-order valence-electron chi connectivity index (χ3n) is 6.78. The number of cyclic esters (lactones) is 2. The molecule has 2 atom stereocenters. The normalized spacial score (nSPS) is 26.0. The Labute approximate surface area is 307 Å². The molecule has 3 saturated heterocycles. The number of halogens is 22. The van der Waals surface area contributed by atoms with Crippen molar-refractivity contribution in [2.75, 3.05) is 26.4 Å². The molecule has 3 heterocycles. The first-order chi connectivity index (χ1) is 23.0. The summed E-state index contributed by atoms with van der Waals surface area (Å²) < 4.78 is 240. The predicted octanol–water partition coefficient (Wildman–Crippen LogP) is 10.4. The van der Waals surface area contributed by atoms with Crippen LogP contribution in [-0.4, -0.2) is 116 Å². The Morgan fingerprint density at radius 1 is 0.500 bits per heavy atom. The van der Waals surface area contributed by atoms with E-state index in [2.05, 4.69) is 27.6 Å². The van der Waals surface area contributed by atoms with E-state index in [1.54, 1.807) is 0 Å². The van der Waals surface area contributed by atoms with E-state index in [-0.39, 0.29) is 0 Å². The predicted molar refractivity (Wildman–Crippen MR) is 146 cm³/mol. The molecular weight excluding hydrogens is 951 g/mol. The van der Waals surface area contributed by atoms with Gasteiger partial charge in [-0.1, -0.05) is 0 Å². The van der Waals surface area contributed by atoms with Crippen molar-refractivity contribution in [1.82, 2.24) is 8.88 Å². The molecule has 0 aromatic carbocycles. The van der Waals surface area contributed by atoms with Gasteiger partial charge in [0.1, 0.15) is 0 Å². The van der Waals surface area contributed by atoms with E-state index >= 15 is 0 Å². The van der Waals surface area contributed by atoms with E-state index in [9.17, 15) is 79.8 Å². The van der Waals surface area contributed by atoms with Crippen molar-refractivity contribution in [3.8, 4) is 0 Å². The Bertz CT molecular complexity index is 1250. The molecular formula is C18H14Cl6F16N2O8P2. The van der Waals surface area contributed by atoms with Crippen molar-refractivity contribution in [3.63, 3.8) is 0 Å². The summed E-state index contributed by atoms with van der Waals surface area (Å²) in [5.74, 6) is -30.0. The van der Waals surface area contributed by atoms with Gasteiger partial charge >= 0.3 is 308 Å². The zero-order chi connectivity index (χ0) is 40.7. The molecule has 0 aliphatic carbocycles. The van der Waals surface area contributed by atoms with E-state index in [0.717, 1.165) is 0 Å². The van der Waals surface area contributed by atoms with Gasteiger partial charge in [-0.2, -0.15) is 0 Å². The standard InChI is InChI=1S/C18H14Cl6F16N2O8P2/c19-17(20,21)9-49-11(43)41-51(9,45-1-13(33,34)5(25)26,46-2-14(35,36)6(27)28)42-12(44)50-10(18(22,23)24)52(41,42,47-3-15(37,38)7(29)30)48-4-16(39,40)8(31)32/h5-10H,1-4H2. The molecule has 0 aromatic heterocycles. The Balaban J connectivity index is 2.65. The first-order valence-electron chi connectivity index (χ1n) is 12.5. The van der Waals surface area contributed by atoms with E-state index in [0.29, 0.717) is 0 Å². The van der Waals surface area contributed by atoms with Crippen LogP contribution in [0.5, 0.6) is 0 Å². The molecule has 3 rings (SSSR count). The molecule has 308 valence electrons. The zero-order valence-electron chi connectivity index (χ0n) is 23.7. The van der Waals surface area contributed by atoms with Gasteiger partial charge in [0.25, 0.3) is 0 Å². The van der Waals surface area contributed by atoms with Crippen LogP contribution in [0, 0.1) is 0 Å². The van der Waals surface area contributed by atoms with Crippen LogP contribution in [0.2, 0.25) is 0 Å². The maximum atomic E-state index is 14.5. The Morgan fingerprint density at radius 2 is 0.692 bits per heavy atom. The average molecular weight is 965 g/mol. The second-order valence-corrected chi connectivity index (χ2v) is 23.0. The molecule has 0 aromatic rings. The Morgan fingerprint density at radius 3 is 0.846 bits per heavy atom. The summed E-state index contributed by atoms with van der Waals surface area (Å²) in [6, 6.07) is 0. The number of alkyl halides is 22. The molecule has 0 spiro atoms. The Kier molecular flexibility index (Phi) is 12.2. The molecule has 0 bridgehead atoms. The number of carbonyl (C=O) groups excluding carboxylic acids is 2. The van der Waals surface area contributed by atoms with Gasteiger partial charge in [-0.3, -0.25) is 0 Å². The quantitative estimate of drug-likeness (QED) is 0.0858. The van der Waals surface area contributed by atoms with Crippen LogP contribution in [0.1, 0.15) is 0 Å². The summed E-state index contributed by atoms with van der Waals surface area (Å²) in [4.78, 5) is 27.4. The maximum absolute atomic E-state index is 14.5. The topological polar surface area (TPSA) is 96.0 Å². The van der Waals surface area contributed by atoms with E-state index in [4.69, 9.17) is 69.6 Å². The summed E-state index contributed by atoms with van der Waals surface area (Å²) >= 11 is 34.2. The van der Waals surface area contributed by atoms with Crippen LogP contribution >= 0.6 is 84.3 Å². The van der Waals surface area contributed by atoms with E-state index < -0.39 is 131 Å². The molecule has 0 radical (unpaired) electrons. The number of carbonyl (C=O) groups is 2. The van der Waals surface area contributed by atoms with Gasteiger partial charge in [-0.15, -0.1) is 0 Å². The SMILES string of the molecule is O=C1OC(C(Cl)(Cl)Cl)P2(OCC(F)(F)C(F)F)(OCC(F)(F)C(F)F)N1P1(OCC(F)(F)C(F)F)(OCC(F)(F)C(F)F)C(C(Cl)(Cl)Cl)OC(=O)N21. The minimum atomic E-state index is -8.09. The summed E-state index contributed by atoms with van der Waals surface area (Å²) in [5, 5.41) is 0. The molecule has 10 nitrogen and oxygen atoms in total. The summed E-state index contributed by atoms with van der Waals surface area (Å²) in [6.07, 6.45) is -25.3. The van der Waals surface area contributed by atoms with Crippen molar-refractivity contribution >= 4 is 96.5 Å². The van der Waals surface area contributed by atoms with Gasteiger partial charge in [0, 0.05) is 0 Å². The minimum absolute atomic E-state index is 1.16. The van der Waals surface area contributed by atoms with Crippen molar-refractivity contribution < 1.29 is 107 Å². The van der Waals surface area contributed by atoms with Gasteiger partial charge in [-0.25, -0.2) is 0 Å². The fraction of sp³-hybridized carbons (Fsp3) is 0.889. The molecule has 2 unspecified atom stereocenters. The summed E-state index contributed by atoms with van der Waals surface area (Å²) in [5.41, 5.74) is 0. The fourth-order valence-electron chi connectivity index (χ4n) is 4.70. The van der Waals surface area contributed by atoms with Crippen molar-refractivity contribution in [2.45, 2.75) is 68.7 Å². The third-order valence-corrected chi connectivity index (χ3v) is 21.3. The molecule has 2 amide bonds. The number of hydrogen-bond acceptors (Lipinski definition) is 8. The zero-order valence-corrected chi connectivity index (χ0v) is 30.0. The van der Waals surface area contributed by atoms with Crippen LogP contribution < -0.4 is 0 Å². The number of hydrogen-bond donors (Lipinski definition) is 0. The number of ether oxygens (including phenoxy) is 2. The van der Waals surface area contributed by atoms with Crippen molar-refractivity contribution in [1.29, 1.82) is 0 Å². The van der Waals surface area contributed by atoms with Gasteiger partial charge in [0.2, 0.25) is 0 Å². The molecule has 3 fully saturated rings. The summed E-state index contributed by atoms with van der Waals surface area (Å²) in [7, 11) is -16.2. The Hall–Kier alpha value is -0.140. The van der Waals surface area contributed by atoms with Crippen LogP contribution in [-0.2, 0) is 27.6 Å². The van der Waals surface area contributed by atoms with Crippen molar-refractivity contribution in [2.24, 2.45) is 0 Å². The van der Waals surface area contributed by atoms with Crippen LogP contribution in [0.4, 0.5) is 79.8 Å². The van der Waals surface area contributed by atoms with Crippen molar-refractivity contribution in [3.05, 3.63) is 0 Å². The van der Waals surface area contributed by atoms with Gasteiger partial charge in [0.05, 0.1) is 0 Å². The monoisotopic (exact) mass is 962 g/mol. The van der Waals surface area contributed by atoms with E-state index in [1.165, 1.54) is 0 Å². The van der Waals surface area contributed by atoms with Gasteiger partial charge < -0.3 is 0 Å². The summed E-state index contributed by atoms with van der Waals surface area (Å²) in [6.45, 7) is -12.5. The van der Waals surface area contributed by atoms with E-state index in [1.807, 2.05) is 0 Å². The first kappa shape index (κ1) is 46.2. The van der Waals surface area contributed by atoms with Crippen LogP contribution in [0.15, 0.2) is 0 Å². The molecule has 3 aliphatic heterocycles. The number of amides is 2. The fourth-order valence-corrected chi connectivity index (χ4v) is 22.9. The number of rotatable bonds is 16. The molecule has 0 N–H and O–H groups in total. The van der Waals surface area contributed by atoms with Crippen LogP contribution in [0.3, 0.4) is 0 Å². The second kappa shape index (κ2) is 13.8. The number of fused-ring (bicyclic) bond motifs is 4. The van der Waals surface area contributed by atoms with Gasteiger partial charge in [-0.05, 0) is 0 Å². The average Bonchev–Trinajstić information content (AvgIpc) is 3.36. The number of nitrogens with zero attached hydrogens (tertiary/aromatic N) is 2. The molecule has 3 aliphatic rings. The molecule has 0 saturated carbocycles. The van der Waals surface area contributed by atoms with Crippen LogP contribution in [0.25, 0.3) is 0 Å². The first-order valence-corrected chi connectivity index (χ1v) is 18.8.